The van der Waals surface area contributed by atoms with Gasteiger partial charge < -0.3 is 15.1 Å². The van der Waals surface area contributed by atoms with Gasteiger partial charge in [-0.1, -0.05) is 24.3 Å². The Kier molecular flexibility index (Phi) is 4.50. The topological polar surface area (TPSA) is 48.5 Å². The Hall–Kier alpha value is -3.34. The molecule has 2 aromatic carbocycles. The number of fused-ring (bicyclic) bond motifs is 1. The molecule has 1 aliphatic rings. The maximum Gasteiger partial charge on any atom is 0.274 e. The molecule has 27 heavy (non-hydrogen) atoms. The molecule has 1 N–H and O–H groups in total. The molecule has 0 atom stereocenters. The highest BCUT2D eigenvalue weighted by molar-refractivity contribution is 6.03. The van der Waals surface area contributed by atoms with Crippen LogP contribution in [0.5, 0.6) is 0 Å². The third-order valence-electron chi connectivity index (χ3n) is 4.77. The first kappa shape index (κ1) is 17.1. The number of carbonyl (C=O) groups is 1. The summed E-state index contributed by atoms with van der Waals surface area (Å²) in [5, 5.41) is 2.92. The number of carbonyl (C=O) groups excluding carboxylic acids is 1. The van der Waals surface area contributed by atoms with E-state index in [4.69, 9.17) is 0 Å². The van der Waals surface area contributed by atoms with Gasteiger partial charge in [-0.2, -0.15) is 0 Å². The summed E-state index contributed by atoms with van der Waals surface area (Å²) in [6.45, 7) is 0.878. The third kappa shape index (κ3) is 3.49. The van der Waals surface area contributed by atoms with Crippen LogP contribution in [-0.2, 0) is 6.42 Å². The Labute approximate surface area is 159 Å². The molecule has 0 aliphatic carbocycles. The summed E-state index contributed by atoms with van der Waals surface area (Å²) in [4.78, 5) is 21.4. The number of hydrogen-bond acceptors (Lipinski definition) is 4. The van der Waals surface area contributed by atoms with Crippen molar-refractivity contribution in [2.75, 3.05) is 35.8 Å². The number of nitrogens with zero attached hydrogens (tertiary/aromatic N) is 3. The van der Waals surface area contributed by atoms with Gasteiger partial charge in [-0.05, 0) is 54.4 Å². The zero-order valence-electron chi connectivity index (χ0n) is 15.5. The van der Waals surface area contributed by atoms with Crippen LogP contribution in [0.25, 0.3) is 0 Å². The van der Waals surface area contributed by atoms with Crippen LogP contribution in [0.2, 0.25) is 0 Å². The van der Waals surface area contributed by atoms with Gasteiger partial charge in [0.05, 0.1) is 0 Å². The molecule has 5 heteroatoms. The normalized spacial score (nSPS) is 12.6. The summed E-state index contributed by atoms with van der Waals surface area (Å²) in [5.74, 6) is 0.595. The number of amides is 1. The smallest absolute Gasteiger partial charge is 0.274 e. The van der Waals surface area contributed by atoms with Gasteiger partial charge in [-0.25, -0.2) is 4.98 Å². The molecule has 2 heterocycles. The monoisotopic (exact) mass is 358 g/mol. The van der Waals surface area contributed by atoms with Crippen molar-refractivity contribution in [2.24, 2.45) is 0 Å². The highest BCUT2D eigenvalue weighted by atomic mass is 16.1. The molecule has 1 amide bonds. The molecule has 3 aromatic rings. The molecule has 0 radical (unpaired) electrons. The molecular formula is C22H22N4O. The predicted molar refractivity (Wildman–Crippen MR) is 110 cm³/mol. The zero-order chi connectivity index (χ0) is 18.8. The first-order chi connectivity index (χ1) is 13.1. The maximum absolute atomic E-state index is 12.6. The Morgan fingerprint density at radius 2 is 1.78 bits per heavy atom. The quantitative estimate of drug-likeness (QED) is 0.763. The van der Waals surface area contributed by atoms with E-state index in [1.54, 1.807) is 6.07 Å². The lowest BCUT2D eigenvalue weighted by Crippen LogP contribution is -2.18. The molecule has 0 fully saturated rings. The number of nitrogens with one attached hydrogen (secondary N) is 1. The highest BCUT2D eigenvalue weighted by Crippen LogP contribution is 2.33. The Morgan fingerprint density at radius 3 is 2.56 bits per heavy atom. The lowest BCUT2D eigenvalue weighted by molar-refractivity contribution is 0.102. The van der Waals surface area contributed by atoms with E-state index in [9.17, 15) is 4.79 Å². The molecular weight excluding hydrogens is 336 g/mol. The van der Waals surface area contributed by atoms with Crippen LogP contribution in [0, 0.1) is 0 Å². The minimum absolute atomic E-state index is 0.207. The van der Waals surface area contributed by atoms with Crippen LogP contribution in [0.3, 0.4) is 0 Å². The second-order valence-corrected chi connectivity index (χ2v) is 6.81. The molecule has 0 spiro atoms. The van der Waals surface area contributed by atoms with Crippen LogP contribution < -0.4 is 15.1 Å². The maximum atomic E-state index is 12.6. The van der Waals surface area contributed by atoms with Gasteiger partial charge in [0, 0.05) is 37.7 Å². The van der Waals surface area contributed by atoms with Crippen molar-refractivity contribution in [2.45, 2.75) is 6.42 Å². The summed E-state index contributed by atoms with van der Waals surface area (Å²) in [6.07, 6.45) is 0.993. The number of aromatic nitrogens is 1. The van der Waals surface area contributed by atoms with Crippen molar-refractivity contribution < 1.29 is 4.79 Å². The highest BCUT2D eigenvalue weighted by Gasteiger charge is 2.21. The number of para-hydroxylation sites is 1. The molecule has 4 rings (SSSR count). The van der Waals surface area contributed by atoms with E-state index in [1.807, 2.05) is 61.5 Å². The minimum atomic E-state index is -0.207. The number of pyridine rings is 1. The predicted octanol–water partition coefficient (Wildman–Crippen LogP) is 4.09. The molecule has 136 valence electrons. The second kappa shape index (κ2) is 7.11. The van der Waals surface area contributed by atoms with Crippen molar-refractivity contribution in [1.82, 2.24) is 4.98 Å². The summed E-state index contributed by atoms with van der Waals surface area (Å²) >= 11 is 0. The zero-order valence-corrected chi connectivity index (χ0v) is 15.5. The van der Waals surface area contributed by atoms with E-state index in [1.165, 1.54) is 11.3 Å². The summed E-state index contributed by atoms with van der Waals surface area (Å²) in [7, 11) is 3.97. The van der Waals surface area contributed by atoms with E-state index < -0.39 is 0 Å². The number of benzene rings is 2. The van der Waals surface area contributed by atoms with Gasteiger partial charge in [-0.3, -0.25) is 4.79 Å². The molecule has 0 saturated heterocycles. The standard InChI is InChI=1S/C22H22N4O/c1-25(2)18-12-10-17(11-13-18)23-22(27)19-7-5-9-21(24-19)26-15-14-16-6-3-4-8-20(16)26/h3-13H,14-15H2,1-2H3,(H,23,27). The summed E-state index contributed by atoms with van der Waals surface area (Å²) < 4.78 is 0. The SMILES string of the molecule is CN(C)c1ccc(NC(=O)c2cccc(N3CCc4ccccc43)n2)cc1. The summed E-state index contributed by atoms with van der Waals surface area (Å²) in [6, 6.07) is 21.6. The van der Waals surface area contributed by atoms with Gasteiger partial charge in [0.25, 0.3) is 5.91 Å². The molecule has 5 nitrogen and oxygen atoms in total. The first-order valence-corrected chi connectivity index (χ1v) is 9.03. The fraction of sp³-hybridized carbons (Fsp3) is 0.182. The Bertz CT molecular complexity index is 966. The van der Waals surface area contributed by atoms with E-state index in [0.29, 0.717) is 5.69 Å². The van der Waals surface area contributed by atoms with Crippen molar-refractivity contribution in [3.05, 3.63) is 78.0 Å². The fourth-order valence-corrected chi connectivity index (χ4v) is 3.31. The van der Waals surface area contributed by atoms with Crippen molar-refractivity contribution in [1.29, 1.82) is 0 Å². The molecule has 0 saturated carbocycles. The molecule has 0 bridgehead atoms. The summed E-state index contributed by atoms with van der Waals surface area (Å²) in [5.41, 5.74) is 4.73. The second-order valence-electron chi connectivity index (χ2n) is 6.81. The third-order valence-corrected chi connectivity index (χ3v) is 4.77. The number of hydrogen-bond donors (Lipinski definition) is 1. The van der Waals surface area contributed by atoms with Gasteiger partial charge in [-0.15, -0.1) is 0 Å². The minimum Gasteiger partial charge on any atom is -0.378 e. The average Bonchev–Trinajstić information content (AvgIpc) is 3.12. The molecule has 1 aromatic heterocycles. The number of anilines is 4. The Morgan fingerprint density at radius 1 is 1.00 bits per heavy atom. The van der Waals surface area contributed by atoms with Crippen molar-refractivity contribution in [3.63, 3.8) is 0 Å². The van der Waals surface area contributed by atoms with Crippen LogP contribution >= 0.6 is 0 Å². The van der Waals surface area contributed by atoms with Crippen LogP contribution in [0.15, 0.2) is 66.7 Å². The van der Waals surface area contributed by atoms with Gasteiger partial charge in [0.15, 0.2) is 0 Å². The van der Waals surface area contributed by atoms with E-state index in [2.05, 4.69) is 33.4 Å². The van der Waals surface area contributed by atoms with Gasteiger partial charge >= 0.3 is 0 Å². The first-order valence-electron chi connectivity index (χ1n) is 9.03. The molecule has 1 aliphatic heterocycles. The van der Waals surface area contributed by atoms with Crippen molar-refractivity contribution in [3.8, 4) is 0 Å². The van der Waals surface area contributed by atoms with E-state index in [0.717, 1.165) is 30.2 Å². The average molecular weight is 358 g/mol. The van der Waals surface area contributed by atoms with Crippen LogP contribution in [-0.4, -0.2) is 31.5 Å². The van der Waals surface area contributed by atoms with Gasteiger partial charge in [0.2, 0.25) is 0 Å². The number of rotatable bonds is 4. The largest absolute Gasteiger partial charge is 0.378 e. The lowest BCUT2D eigenvalue weighted by Gasteiger charge is -2.19. The fourth-order valence-electron chi connectivity index (χ4n) is 3.31. The van der Waals surface area contributed by atoms with E-state index >= 15 is 0 Å². The van der Waals surface area contributed by atoms with Crippen LogP contribution in [0.4, 0.5) is 22.9 Å². The van der Waals surface area contributed by atoms with Crippen molar-refractivity contribution >= 4 is 28.8 Å². The Balaban J connectivity index is 1.53. The van der Waals surface area contributed by atoms with E-state index in [-0.39, 0.29) is 5.91 Å². The molecule has 0 unspecified atom stereocenters. The van der Waals surface area contributed by atoms with Crippen LogP contribution in [0.1, 0.15) is 16.1 Å². The van der Waals surface area contributed by atoms with Gasteiger partial charge in [0.1, 0.15) is 11.5 Å². The lowest BCUT2D eigenvalue weighted by atomic mass is 10.2.